The maximum absolute atomic E-state index is 5.80. The van der Waals surface area contributed by atoms with Crippen molar-refractivity contribution in [1.29, 1.82) is 0 Å². The number of rotatable bonds is 5. The molecular weight excluding hydrogens is 304 g/mol. The molecule has 1 aliphatic heterocycles. The summed E-state index contributed by atoms with van der Waals surface area (Å²) in [6.07, 6.45) is 6.89. The lowest BCUT2D eigenvalue weighted by molar-refractivity contribution is 0.132. The van der Waals surface area contributed by atoms with E-state index in [9.17, 15) is 0 Å². The highest BCUT2D eigenvalue weighted by Crippen LogP contribution is 2.38. The van der Waals surface area contributed by atoms with Gasteiger partial charge in [0.25, 0.3) is 0 Å². The maximum Gasteiger partial charge on any atom is 0.135 e. The van der Waals surface area contributed by atoms with Gasteiger partial charge in [-0.1, -0.05) is 13.3 Å². The molecule has 0 bridgehead atoms. The first-order chi connectivity index (χ1) is 9.27. The lowest BCUT2D eigenvalue weighted by atomic mass is 9.92. The lowest BCUT2D eigenvalue weighted by Crippen LogP contribution is -2.36. The Kier molecular flexibility index (Phi) is 5.92. The quantitative estimate of drug-likeness (QED) is 0.890. The molecule has 2 unspecified atom stereocenters. The second kappa shape index (κ2) is 7.46. The van der Waals surface area contributed by atoms with Gasteiger partial charge in [0, 0.05) is 0 Å². The van der Waals surface area contributed by atoms with E-state index in [0.29, 0.717) is 12.0 Å². The van der Waals surface area contributed by atoms with Crippen LogP contribution in [0.3, 0.4) is 0 Å². The molecule has 0 aliphatic carbocycles. The molecule has 0 aromatic carbocycles. The van der Waals surface area contributed by atoms with Crippen LogP contribution in [0.5, 0.6) is 0 Å². The molecule has 0 saturated carbocycles. The van der Waals surface area contributed by atoms with Gasteiger partial charge < -0.3 is 9.73 Å². The third kappa shape index (κ3) is 3.61. The van der Waals surface area contributed by atoms with Gasteiger partial charge in [0.15, 0.2) is 0 Å². The molecule has 0 radical (unpaired) electrons. The number of hydrogen-bond acceptors (Lipinski definition) is 3. The van der Waals surface area contributed by atoms with Crippen LogP contribution in [0.25, 0.3) is 0 Å². The summed E-state index contributed by atoms with van der Waals surface area (Å²) in [5, 5.41) is 3.36. The van der Waals surface area contributed by atoms with Crippen LogP contribution < -0.4 is 5.32 Å². The molecule has 1 fully saturated rings. The Morgan fingerprint density at radius 1 is 1.47 bits per heavy atom. The third-order valence-corrected chi connectivity index (χ3v) is 4.66. The smallest absolute Gasteiger partial charge is 0.135 e. The maximum atomic E-state index is 5.80. The molecule has 1 N–H and O–H groups in total. The summed E-state index contributed by atoms with van der Waals surface area (Å²) in [4.78, 5) is 2.61. The second-order valence-corrected chi connectivity index (χ2v) is 6.28. The molecule has 0 spiro atoms. The van der Waals surface area contributed by atoms with Crippen molar-refractivity contribution in [3.63, 3.8) is 0 Å². The van der Waals surface area contributed by atoms with Crippen LogP contribution in [0.15, 0.2) is 21.2 Å². The van der Waals surface area contributed by atoms with Crippen molar-refractivity contribution in [2.45, 2.75) is 38.6 Å². The zero-order chi connectivity index (χ0) is 13.7. The van der Waals surface area contributed by atoms with Crippen molar-refractivity contribution in [2.24, 2.45) is 5.92 Å². The fourth-order valence-electron chi connectivity index (χ4n) is 3.23. The van der Waals surface area contributed by atoms with E-state index in [-0.39, 0.29) is 0 Å². The molecule has 1 aromatic heterocycles. The van der Waals surface area contributed by atoms with Gasteiger partial charge >= 0.3 is 0 Å². The third-order valence-electron chi connectivity index (χ3n) is 4.00. The van der Waals surface area contributed by atoms with Crippen molar-refractivity contribution < 1.29 is 4.42 Å². The molecule has 4 heteroatoms. The number of nitrogens with one attached hydrogen (secondary N) is 1. The molecule has 19 heavy (non-hydrogen) atoms. The van der Waals surface area contributed by atoms with E-state index in [1.54, 1.807) is 6.26 Å². The monoisotopic (exact) mass is 328 g/mol. The van der Waals surface area contributed by atoms with Crippen LogP contribution in [0, 0.1) is 5.92 Å². The molecule has 2 heterocycles. The van der Waals surface area contributed by atoms with E-state index in [4.69, 9.17) is 4.42 Å². The summed E-state index contributed by atoms with van der Waals surface area (Å²) in [5.74, 6) is 1.73. The Balaban J connectivity index is 2.28. The normalized spacial score (nSPS) is 25.4. The predicted molar refractivity (Wildman–Crippen MR) is 82.3 cm³/mol. The van der Waals surface area contributed by atoms with Gasteiger partial charge in [-0.2, -0.15) is 0 Å². The number of furan rings is 1. The van der Waals surface area contributed by atoms with E-state index in [0.717, 1.165) is 23.3 Å². The zero-order valence-corrected chi connectivity index (χ0v) is 13.6. The first-order valence-corrected chi connectivity index (χ1v) is 8.18. The Bertz CT molecular complexity index is 364. The molecule has 2 rings (SSSR count). The summed E-state index contributed by atoms with van der Waals surface area (Å²) in [5.41, 5.74) is 0. The SMILES string of the molecule is CCCN1CCCCC(CNC)C1c1occc1Br. The minimum Gasteiger partial charge on any atom is -0.466 e. The summed E-state index contributed by atoms with van der Waals surface area (Å²) in [7, 11) is 2.04. The number of hydrogen-bond donors (Lipinski definition) is 1. The van der Waals surface area contributed by atoms with Crippen LogP contribution in [0.1, 0.15) is 44.4 Å². The van der Waals surface area contributed by atoms with Gasteiger partial charge in [0.05, 0.1) is 16.8 Å². The average Bonchev–Trinajstić information content (AvgIpc) is 2.71. The van der Waals surface area contributed by atoms with Gasteiger partial charge in [-0.15, -0.1) is 0 Å². The van der Waals surface area contributed by atoms with Crippen LogP contribution >= 0.6 is 15.9 Å². The van der Waals surface area contributed by atoms with Crippen LogP contribution in [0.4, 0.5) is 0 Å². The van der Waals surface area contributed by atoms with Gasteiger partial charge in [-0.3, -0.25) is 4.90 Å². The first-order valence-electron chi connectivity index (χ1n) is 7.39. The van der Waals surface area contributed by atoms with Gasteiger partial charge in [0.2, 0.25) is 0 Å². The molecule has 1 aliphatic rings. The Morgan fingerprint density at radius 2 is 2.32 bits per heavy atom. The van der Waals surface area contributed by atoms with E-state index in [1.165, 1.54) is 32.2 Å². The summed E-state index contributed by atoms with van der Waals surface area (Å²) < 4.78 is 6.91. The van der Waals surface area contributed by atoms with Crippen molar-refractivity contribution in [1.82, 2.24) is 10.2 Å². The van der Waals surface area contributed by atoms with Crippen molar-refractivity contribution in [2.75, 3.05) is 26.7 Å². The highest BCUT2D eigenvalue weighted by atomic mass is 79.9. The Labute approximate surface area is 124 Å². The molecule has 3 nitrogen and oxygen atoms in total. The standard InChI is InChI=1S/C15H25BrN2O/c1-3-8-18-9-5-4-6-12(11-17-2)14(18)15-13(16)7-10-19-15/h7,10,12,14,17H,3-6,8-9,11H2,1-2H3. The largest absolute Gasteiger partial charge is 0.466 e. The van der Waals surface area contributed by atoms with E-state index < -0.39 is 0 Å². The van der Waals surface area contributed by atoms with E-state index >= 15 is 0 Å². The molecule has 108 valence electrons. The summed E-state index contributed by atoms with van der Waals surface area (Å²) >= 11 is 3.64. The van der Waals surface area contributed by atoms with Gasteiger partial charge in [0.1, 0.15) is 5.76 Å². The minimum absolute atomic E-state index is 0.402. The van der Waals surface area contributed by atoms with E-state index in [1.807, 2.05) is 13.1 Å². The highest BCUT2D eigenvalue weighted by molar-refractivity contribution is 9.10. The van der Waals surface area contributed by atoms with Gasteiger partial charge in [-0.25, -0.2) is 0 Å². The zero-order valence-electron chi connectivity index (χ0n) is 12.0. The minimum atomic E-state index is 0.402. The second-order valence-electron chi connectivity index (χ2n) is 5.43. The van der Waals surface area contributed by atoms with E-state index in [2.05, 4.69) is 33.1 Å². The summed E-state index contributed by atoms with van der Waals surface area (Å²) in [6, 6.07) is 2.42. The van der Waals surface area contributed by atoms with Crippen molar-refractivity contribution >= 4 is 15.9 Å². The van der Waals surface area contributed by atoms with Crippen LogP contribution in [0.2, 0.25) is 0 Å². The van der Waals surface area contributed by atoms with Crippen LogP contribution in [-0.4, -0.2) is 31.6 Å². The molecule has 0 amide bonds. The lowest BCUT2D eigenvalue weighted by Gasteiger charge is -2.33. The van der Waals surface area contributed by atoms with Gasteiger partial charge in [-0.05, 0) is 73.9 Å². The van der Waals surface area contributed by atoms with Crippen LogP contribution in [-0.2, 0) is 0 Å². The number of nitrogens with zero attached hydrogens (tertiary/aromatic N) is 1. The van der Waals surface area contributed by atoms with Crippen molar-refractivity contribution in [3.05, 3.63) is 22.6 Å². The first kappa shape index (κ1) is 15.1. The highest BCUT2D eigenvalue weighted by Gasteiger charge is 2.33. The molecular formula is C15H25BrN2O. The predicted octanol–water partition coefficient (Wildman–Crippen LogP) is 3.81. The molecule has 2 atom stereocenters. The fourth-order valence-corrected chi connectivity index (χ4v) is 3.66. The van der Waals surface area contributed by atoms with Crippen molar-refractivity contribution in [3.8, 4) is 0 Å². The number of halogens is 1. The Morgan fingerprint density at radius 3 is 2.95 bits per heavy atom. The fraction of sp³-hybridized carbons (Fsp3) is 0.733. The average molecular weight is 329 g/mol. The molecule has 1 aromatic rings. The summed E-state index contributed by atoms with van der Waals surface area (Å²) in [6.45, 7) is 5.65. The number of likely N-dealkylation sites (tertiary alicyclic amines) is 1. The Hall–Kier alpha value is -0.320. The molecule has 1 saturated heterocycles. The topological polar surface area (TPSA) is 28.4 Å².